The molecule has 0 saturated heterocycles. The van der Waals surface area contributed by atoms with Crippen molar-refractivity contribution in [3.63, 3.8) is 0 Å². The van der Waals surface area contributed by atoms with Crippen LogP contribution >= 0.6 is 0 Å². The van der Waals surface area contributed by atoms with Crippen LogP contribution in [0.5, 0.6) is 0 Å². The van der Waals surface area contributed by atoms with Crippen molar-refractivity contribution in [3.8, 4) is 0 Å². The molecule has 0 amide bonds. The molecule has 7 heteroatoms. The van der Waals surface area contributed by atoms with Crippen molar-refractivity contribution < 1.29 is 13.2 Å². The summed E-state index contributed by atoms with van der Waals surface area (Å²) in [5.41, 5.74) is 0. The van der Waals surface area contributed by atoms with Crippen LogP contribution in [0.25, 0.3) is 0 Å². The number of nitrogens with one attached hydrogen (secondary N) is 1. The Hall–Kier alpha value is -1.11. The molecule has 0 aliphatic heterocycles. The molecule has 0 radical (unpaired) electrons. The maximum Gasteiger partial charge on any atom is 0.390 e. The van der Waals surface area contributed by atoms with Crippen LogP contribution in [0, 0.1) is 0 Å². The monoisotopic (exact) mass is 222 g/mol. The number of hydrogen-bond acceptors (Lipinski definition) is 3. The lowest BCUT2D eigenvalue weighted by Crippen LogP contribution is -2.23. The van der Waals surface area contributed by atoms with Gasteiger partial charge in [0.1, 0.15) is 12.2 Å². The Labute approximate surface area is 85.5 Å². The van der Waals surface area contributed by atoms with Gasteiger partial charge >= 0.3 is 6.18 Å². The van der Waals surface area contributed by atoms with Crippen molar-refractivity contribution in [2.24, 2.45) is 0 Å². The van der Waals surface area contributed by atoms with Crippen molar-refractivity contribution in [3.05, 3.63) is 12.2 Å². The van der Waals surface area contributed by atoms with Crippen LogP contribution < -0.4 is 5.32 Å². The minimum Gasteiger partial charge on any atom is -0.310 e. The molecule has 86 valence electrons. The van der Waals surface area contributed by atoms with Gasteiger partial charge in [0.25, 0.3) is 0 Å². The summed E-state index contributed by atoms with van der Waals surface area (Å²) in [5.74, 6) is 0.652. The van der Waals surface area contributed by atoms with Crippen LogP contribution in [0.4, 0.5) is 13.2 Å². The highest BCUT2D eigenvalue weighted by atomic mass is 19.4. The summed E-state index contributed by atoms with van der Waals surface area (Å²) in [6.07, 6.45) is -3.54. The molecule has 0 aliphatic carbocycles. The van der Waals surface area contributed by atoms with E-state index < -0.39 is 12.6 Å². The summed E-state index contributed by atoms with van der Waals surface area (Å²) in [6, 6.07) is 0. The van der Waals surface area contributed by atoms with E-state index in [2.05, 4.69) is 15.4 Å². The molecular formula is C8H13F3N4. The second-order valence-electron chi connectivity index (χ2n) is 3.03. The lowest BCUT2D eigenvalue weighted by molar-refractivity contribution is -0.133. The van der Waals surface area contributed by atoms with Gasteiger partial charge in [-0.25, -0.2) is 9.67 Å². The molecule has 1 aromatic rings. The minimum absolute atomic E-state index is 0.0971. The zero-order chi connectivity index (χ0) is 11.3. The second-order valence-corrected chi connectivity index (χ2v) is 3.03. The molecule has 0 spiro atoms. The van der Waals surface area contributed by atoms with Crippen LogP contribution in [0.3, 0.4) is 0 Å². The first-order chi connectivity index (χ1) is 7.03. The largest absolute Gasteiger partial charge is 0.390 e. The quantitative estimate of drug-likeness (QED) is 0.764. The maximum atomic E-state index is 11.8. The highest BCUT2D eigenvalue weighted by Crippen LogP contribution is 2.18. The molecule has 0 unspecified atom stereocenters. The average molecular weight is 222 g/mol. The van der Waals surface area contributed by atoms with Gasteiger partial charge in [-0.1, -0.05) is 0 Å². The highest BCUT2D eigenvalue weighted by Gasteiger charge is 2.25. The third kappa shape index (κ3) is 4.28. The van der Waals surface area contributed by atoms with Crippen molar-refractivity contribution in [2.45, 2.75) is 32.6 Å². The highest BCUT2D eigenvalue weighted by molar-refractivity contribution is 4.83. The first-order valence-electron chi connectivity index (χ1n) is 4.67. The fourth-order valence-electron chi connectivity index (χ4n) is 1.12. The summed E-state index contributed by atoms with van der Waals surface area (Å²) < 4.78 is 37.0. The number of nitrogens with zero attached hydrogens (tertiary/aromatic N) is 3. The van der Waals surface area contributed by atoms with Crippen LogP contribution in [0.2, 0.25) is 0 Å². The topological polar surface area (TPSA) is 42.7 Å². The Balaban J connectivity index is 2.26. The van der Waals surface area contributed by atoms with Crippen molar-refractivity contribution >= 4 is 0 Å². The molecule has 0 fully saturated rings. The van der Waals surface area contributed by atoms with Gasteiger partial charge in [0.15, 0.2) is 0 Å². The van der Waals surface area contributed by atoms with E-state index in [-0.39, 0.29) is 6.54 Å². The molecule has 1 rings (SSSR count). The van der Waals surface area contributed by atoms with Crippen molar-refractivity contribution in [1.82, 2.24) is 20.1 Å². The van der Waals surface area contributed by atoms with Gasteiger partial charge in [-0.15, -0.1) is 0 Å². The van der Waals surface area contributed by atoms with E-state index in [0.717, 1.165) is 0 Å². The summed E-state index contributed by atoms with van der Waals surface area (Å²) in [5, 5.41) is 6.58. The third-order valence-electron chi connectivity index (χ3n) is 1.86. The lowest BCUT2D eigenvalue weighted by Gasteiger charge is -2.07. The summed E-state index contributed by atoms with van der Waals surface area (Å²) in [7, 11) is 0. The number of aromatic nitrogens is 3. The van der Waals surface area contributed by atoms with Crippen LogP contribution in [-0.4, -0.2) is 27.5 Å². The summed E-state index contributed by atoms with van der Waals surface area (Å²) in [6.45, 7) is 2.77. The van der Waals surface area contributed by atoms with E-state index >= 15 is 0 Å². The predicted molar refractivity (Wildman–Crippen MR) is 48.1 cm³/mol. The first-order valence-corrected chi connectivity index (χ1v) is 4.67. The van der Waals surface area contributed by atoms with E-state index in [4.69, 9.17) is 0 Å². The van der Waals surface area contributed by atoms with E-state index in [1.165, 1.54) is 6.33 Å². The molecular weight excluding hydrogens is 209 g/mol. The van der Waals surface area contributed by atoms with Crippen molar-refractivity contribution in [1.29, 1.82) is 0 Å². The van der Waals surface area contributed by atoms with E-state index in [9.17, 15) is 13.2 Å². The third-order valence-corrected chi connectivity index (χ3v) is 1.86. The zero-order valence-corrected chi connectivity index (χ0v) is 8.38. The number of alkyl halides is 3. The number of hydrogen-bond donors (Lipinski definition) is 1. The van der Waals surface area contributed by atoms with Gasteiger partial charge in [0.2, 0.25) is 0 Å². The lowest BCUT2D eigenvalue weighted by atomic mass is 10.4. The van der Waals surface area contributed by atoms with Crippen LogP contribution in [0.1, 0.15) is 19.2 Å². The van der Waals surface area contributed by atoms with E-state index in [1.807, 2.05) is 6.92 Å². The summed E-state index contributed by atoms with van der Waals surface area (Å²) >= 11 is 0. The predicted octanol–water partition coefficient (Wildman–Crippen LogP) is 1.34. The average Bonchev–Trinajstić information content (AvgIpc) is 2.58. The molecule has 0 saturated carbocycles. The molecule has 0 atom stereocenters. The normalized spacial score (nSPS) is 12.0. The SMILES string of the molecule is CCn1ncnc1CNCCC(F)(F)F. The number of halogens is 3. The van der Waals surface area contributed by atoms with Gasteiger partial charge in [-0.05, 0) is 6.92 Å². The molecule has 1 aromatic heterocycles. The minimum atomic E-state index is -4.11. The smallest absolute Gasteiger partial charge is 0.310 e. The van der Waals surface area contributed by atoms with Crippen LogP contribution in [-0.2, 0) is 13.1 Å². The summed E-state index contributed by atoms with van der Waals surface area (Å²) in [4.78, 5) is 3.93. The van der Waals surface area contributed by atoms with Crippen molar-refractivity contribution in [2.75, 3.05) is 6.54 Å². The number of aryl methyl sites for hydroxylation is 1. The van der Waals surface area contributed by atoms with Crippen LogP contribution in [0.15, 0.2) is 6.33 Å². The fourth-order valence-corrected chi connectivity index (χ4v) is 1.12. The van der Waals surface area contributed by atoms with E-state index in [1.54, 1.807) is 4.68 Å². The maximum absolute atomic E-state index is 11.8. The molecule has 0 aliphatic rings. The zero-order valence-electron chi connectivity index (χ0n) is 8.38. The Morgan fingerprint density at radius 1 is 1.47 bits per heavy atom. The van der Waals surface area contributed by atoms with Gasteiger partial charge in [0, 0.05) is 13.1 Å². The van der Waals surface area contributed by atoms with E-state index in [0.29, 0.717) is 18.9 Å². The first kappa shape index (κ1) is 12.0. The van der Waals surface area contributed by atoms with Gasteiger partial charge in [0.05, 0.1) is 13.0 Å². The Kier molecular flexibility index (Phi) is 4.07. The molecule has 0 aromatic carbocycles. The molecule has 0 bridgehead atoms. The molecule has 15 heavy (non-hydrogen) atoms. The molecule has 1 heterocycles. The van der Waals surface area contributed by atoms with Gasteiger partial charge < -0.3 is 5.32 Å². The molecule has 4 nitrogen and oxygen atoms in total. The molecule has 1 N–H and O–H groups in total. The standard InChI is InChI=1S/C8H13F3N4/c1-2-15-7(13-6-14-15)5-12-4-3-8(9,10)11/h6,12H,2-5H2,1H3. The van der Waals surface area contributed by atoms with Gasteiger partial charge in [-0.3, -0.25) is 0 Å². The van der Waals surface area contributed by atoms with Gasteiger partial charge in [-0.2, -0.15) is 18.3 Å². The fraction of sp³-hybridized carbons (Fsp3) is 0.750. The Morgan fingerprint density at radius 2 is 2.20 bits per heavy atom. The second kappa shape index (κ2) is 5.11. The Bertz CT molecular complexity index is 294. The number of rotatable bonds is 5. The Morgan fingerprint density at radius 3 is 2.80 bits per heavy atom.